The van der Waals surface area contributed by atoms with E-state index >= 15 is 0 Å². The lowest BCUT2D eigenvalue weighted by atomic mass is 9.78. The fourth-order valence-corrected chi connectivity index (χ4v) is 5.52. The van der Waals surface area contributed by atoms with Crippen LogP contribution >= 0.6 is 0 Å². The summed E-state index contributed by atoms with van der Waals surface area (Å²) in [5.41, 5.74) is 2.68. The summed E-state index contributed by atoms with van der Waals surface area (Å²) in [5.74, 6) is 0.120. The van der Waals surface area contributed by atoms with Crippen LogP contribution in [0.4, 0.5) is 5.69 Å². The number of ether oxygens (including phenoxy) is 2. The molecule has 0 radical (unpaired) electrons. The average Bonchev–Trinajstić information content (AvgIpc) is 3.33. The number of aryl methyl sites for hydroxylation is 1. The fraction of sp³-hybridized carbons (Fsp3) is 0.321. The molecule has 1 fully saturated rings. The van der Waals surface area contributed by atoms with Gasteiger partial charge in [-0.3, -0.25) is 20.2 Å². The summed E-state index contributed by atoms with van der Waals surface area (Å²) < 4.78 is 11.9. The van der Waals surface area contributed by atoms with Crippen LogP contribution in [0.5, 0.6) is 11.5 Å². The van der Waals surface area contributed by atoms with Gasteiger partial charge in [-0.25, -0.2) is 0 Å². The monoisotopic (exact) mass is 487 g/mol. The van der Waals surface area contributed by atoms with E-state index in [1.165, 1.54) is 5.56 Å². The zero-order chi connectivity index (χ0) is 25.4. The zero-order valence-corrected chi connectivity index (χ0v) is 20.5. The Balaban J connectivity index is 1.50. The van der Waals surface area contributed by atoms with Crippen molar-refractivity contribution in [3.63, 3.8) is 0 Å². The highest BCUT2D eigenvalue weighted by Gasteiger charge is 2.67. The summed E-state index contributed by atoms with van der Waals surface area (Å²) in [6, 6.07) is 19.1. The Morgan fingerprint density at radius 2 is 1.78 bits per heavy atom. The highest BCUT2D eigenvalue weighted by atomic mass is 16.6. The molecule has 8 nitrogen and oxygen atoms in total. The number of nitro groups is 1. The topological polar surface area (TPSA) is 103 Å². The molecule has 2 aliphatic heterocycles. The number of anilines is 1. The first-order valence-corrected chi connectivity index (χ1v) is 12.1. The van der Waals surface area contributed by atoms with Crippen LogP contribution in [0.25, 0.3) is 0 Å². The van der Waals surface area contributed by atoms with Gasteiger partial charge in [-0.1, -0.05) is 54.1 Å². The number of para-hydroxylation sites is 1. The number of carbonyl (C=O) groups is 1. The van der Waals surface area contributed by atoms with Crippen molar-refractivity contribution in [1.29, 1.82) is 0 Å². The van der Waals surface area contributed by atoms with Crippen LogP contribution in [0.3, 0.4) is 0 Å². The van der Waals surface area contributed by atoms with Crippen molar-refractivity contribution in [1.82, 2.24) is 5.32 Å². The van der Waals surface area contributed by atoms with Gasteiger partial charge in [0.15, 0.2) is 17.0 Å². The Kier molecular flexibility index (Phi) is 6.14. The molecule has 0 unspecified atom stereocenters. The molecule has 3 aromatic carbocycles. The van der Waals surface area contributed by atoms with Gasteiger partial charge in [0.2, 0.25) is 0 Å². The Bertz CT molecular complexity index is 1310. The molecule has 186 valence electrons. The van der Waals surface area contributed by atoms with Crippen LogP contribution in [-0.2, 0) is 16.9 Å². The number of carbonyl (C=O) groups excluding carboxylic acids is 1. The Morgan fingerprint density at radius 3 is 2.50 bits per heavy atom. The SMILES string of the molecule is CCOc1cc([C@@H]2[C@H](C)N[C@]3(C(=O)Nc4ccccc43)[C@H]2[N+](=O)[O-])ccc1OCc1ccc(C)cc1. The summed E-state index contributed by atoms with van der Waals surface area (Å²) in [4.78, 5) is 25.4. The van der Waals surface area contributed by atoms with Crippen molar-refractivity contribution in [2.75, 3.05) is 11.9 Å². The second kappa shape index (κ2) is 9.28. The summed E-state index contributed by atoms with van der Waals surface area (Å²) in [5, 5.41) is 18.7. The minimum absolute atomic E-state index is 0.328. The highest BCUT2D eigenvalue weighted by molar-refractivity contribution is 6.07. The number of nitrogens with one attached hydrogen (secondary N) is 2. The van der Waals surface area contributed by atoms with Gasteiger partial charge >= 0.3 is 0 Å². The third-order valence-electron chi connectivity index (χ3n) is 7.13. The van der Waals surface area contributed by atoms with E-state index in [-0.39, 0.29) is 11.0 Å². The molecule has 2 heterocycles. The van der Waals surface area contributed by atoms with Gasteiger partial charge in [0, 0.05) is 22.2 Å². The van der Waals surface area contributed by atoms with Gasteiger partial charge < -0.3 is 14.8 Å². The fourth-order valence-electron chi connectivity index (χ4n) is 5.52. The molecule has 0 saturated carbocycles. The molecular formula is C28H29N3O5. The van der Waals surface area contributed by atoms with E-state index in [9.17, 15) is 14.9 Å². The quantitative estimate of drug-likeness (QED) is 0.375. The number of hydrogen-bond acceptors (Lipinski definition) is 6. The van der Waals surface area contributed by atoms with E-state index in [1.54, 1.807) is 30.3 Å². The van der Waals surface area contributed by atoms with Crippen molar-refractivity contribution in [3.05, 3.63) is 99.1 Å². The number of hydrogen-bond donors (Lipinski definition) is 2. The maximum atomic E-state index is 13.2. The summed E-state index contributed by atoms with van der Waals surface area (Å²) in [6.45, 7) is 6.59. The Labute approximate surface area is 209 Å². The molecule has 1 amide bonds. The molecule has 5 rings (SSSR count). The molecule has 8 heteroatoms. The molecule has 1 spiro atoms. The molecule has 2 N–H and O–H groups in total. The smallest absolute Gasteiger partial charge is 0.256 e. The van der Waals surface area contributed by atoms with Gasteiger partial charge in [-0.2, -0.15) is 0 Å². The lowest BCUT2D eigenvalue weighted by Crippen LogP contribution is -2.54. The minimum Gasteiger partial charge on any atom is -0.490 e. The van der Waals surface area contributed by atoms with E-state index in [1.807, 2.05) is 57.2 Å². The average molecular weight is 488 g/mol. The normalized spacial score (nSPS) is 24.4. The van der Waals surface area contributed by atoms with Crippen LogP contribution in [-0.4, -0.2) is 29.5 Å². The van der Waals surface area contributed by atoms with Crippen LogP contribution in [0.15, 0.2) is 66.7 Å². The third kappa shape index (κ3) is 3.87. The van der Waals surface area contributed by atoms with Crippen LogP contribution in [0.2, 0.25) is 0 Å². The van der Waals surface area contributed by atoms with Crippen LogP contribution in [0.1, 0.15) is 42.0 Å². The van der Waals surface area contributed by atoms with Gasteiger partial charge in [0.1, 0.15) is 6.61 Å². The van der Waals surface area contributed by atoms with Gasteiger partial charge in [-0.15, -0.1) is 0 Å². The first kappa shape index (κ1) is 23.8. The van der Waals surface area contributed by atoms with E-state index in [2.05, 4.69) is 10.6 Å². The van der Waals surface area contributed by atoms with E-state index < -0.39 is 23.4 Å². The molecule has 0 bridgehead atoms. The minimum atomic E-state index is -1.45. The summed E-state index contributed by atoms with van der Waals surface area (Å²) >= 11 is 0. The number of benzene rings is 3. The predicted octanol–water partition coefficient (Wildman–Crippen LogP) is 4.54. The molecule has 0 aliphatic carbocycles. The molecular weight excluding hydrogens is 458 g/mol. The maximum Gasteiger partial charge on any atom is 0.256 e. The van der Waals surface area contributed by atoms with Crippen molar-refractivity contribution < 1.29 is 19.2 Å². The van der Waals surface area contributed by atoms with Crippen molar-refractivity contribution in [2.24, 2.45) is 0 Å². The highest BCUT2D eigenvalue weighted by Crippen LogP contribution is 2.50. The Hall–Kier alpha value is -3.91. The molecule has 3 aromatic rings. The summed E-state index contributed by atoms with van der Waals surface area (Å²) in [6.07, 6.45) is 0. The van der Waals surface area contributed by atoms with Crippen molar-refractivity contribution in [2.45, 2.75) is 50.9 Å². The number of nitrogens with zero attached hydrogens (tertiary/aromatic N) is 1. The third-order valence-corrected chi connectivity index (χ3v) is 7.13. The van der Waals surface area contributed by atoms with E-state index in [0.29, 0.717) is 36.0 Å². The summed E-state index contributed by atoms with van der Waals surface area (Å²) in [7, 11) is 0. The number of amides is 1. The van der Waals surface area contributed by atoms with Gasteiger partial charge in [-0.05, 0) is 50.1 Å². The first-order chi connectivity index (χ1) is 17.3. The molecule has 0 aromatic heterocycles. The van der Waals surface area contributed by atoms with E-state index in [4.69, 9.17) is 9.47 Å². The number of rotatable bonds is 7. The van der Waals surface area contributed by atoms with Gasteiger partial charge in [0.25, 0.3) is 11.9 Å². The molecule has 2 aliphatic rings. The number of fused-ring (bicyclic) bond motifs is 2. The van der Waals surface area contributed by atoms with E-state index in [0.717, 1.165) is 11.1 Å². The second-order valence-electron chi connectivity index (χ2n) is 9.41. The van der Waals surface area contributed by atoms with Crippen LogP contribution in [0, 0.1) is 17.0 Å². The zero-order valence-electron chi connectivity index (χ0n) is 20.5. The standard InChI is InChI=1S/C28H29N3O5/c1-4-35-24-15-20(13-14-23(24)36-16-19-11-9-17(2)10-12-19)25-18(3)30-28(26(25)31(33)34)21-7-5-6-8-22(21)29-27(28)32/h5-15,18,25-26,30H,4,16H2,1-3H3,(H,29,32)/t18-,25-,26-,28-/m0/s1. The molecule has 1 saturated heterocycles. The molecule has 36 heavy (non-hydrogen) atoms. The largest absolute Gasteiger partial charge is 0.490 e. The Morgan fingerprint density at radius 1 is 1.03 bits per heavy atom. The lowest BCUT2D eigenvalue weighted by Gasteiger charge is -2.25. The van der Waals surface area contributed by atoms with Crippen LogP contribution < -0.4 is 20.1 Å². The first-order valence-electron chi connectivity index (χ1n) is 12.1. The molecule has 4 atom stereocenters. The second-order valence-corrected chi connectivity index (χ2v) is 9.41. The lowest BCUT2D eigenvalue weighted by molar-refractivity contribution is -0.532. The predicted molar refractivity (Wildman–Crippen MR) is 136 cm³/mol. The van der Waals surface area contributed by atoms with Crippen molar-refractivity contribution >= 4 is 11.6 Å². The van der Waals surface area contributed by atoms with Crippen molar-refractivity contribution in [3.8, 4) is 11.5 Å². The van der Waals surface area contributed by atoms with Gasteiger partial charge in [0.05, 0.1) is 12.5 Å². The maximum absolute atomic E-state index is 13.2.